The monoisotopic (exact) mass is 302 g/mol. The van der Waals surface area contributed by atoms with Crippen molar-refractivity contribution in [2.24, 2.45) is 0 Å². The third-order valence-electron chi connectivity index (χ3n) is 4.28. The molecule has 1 aromatic carbocycles. The van der Waals surface area contributed by atoms with Crippen LogP contribution in [0.3, 0.4) is 0 Å². The zero-order valence-corrected chi connectivity index (χ0v) is 13.1. The van der Waals surface area contributed by atoms with Crippen LogP contribution >= 0.6 is 0 Å². The molecule has 0 radical (unpaired) electrons. The first kappa shape index (κ1) is 14.9. The molecule has 2 aliphatic heterocycles. The lowest BCUT2D eigenvalue weighted by atomic mass is 10.0. The fourth-order valence-electron chi connectivity index (χ4n) is 2.90. The van der Waals surface area contributed by atoms with E-state index in [0.717, 1.165) is 25.9 Å². The summed E-state index contributed by atoms with van der Waals surface area (Å²) < 4.78 is 5.69. The van der Waals surface area contributed by atoms with Crippen LogP contribution in [0.25, 0.3) is 0 Å². The second-order valence-electron chi connectivity index (χ2n) is 6.48. The Kier molecular flexibility index (Phi) is 3.81. The van der Waals surface area contributed by atoms with Gasteiger partial charge in [0.25, 0.3) is 11.8 Å². The van der Waals surface area contributed by atoms with E-state index in [9.17, 15) is 9.59 Å². The summed E-state index contributed by atoms with van der Waals surface area (Å²) in [5.41, 5.74) is 0.290. The SMILES string of the molecule is CC1(C)Oc2ccc(C(=O)N3CCCCCC3)cc2NC1=O. The van der Waals surface area contributed by atoms with Gasteiger partial charge in [0.2, 0.25) is 0 Å². The van der Waals surface area contributed by atoms with Crippen molar-refractivity contribution in [3.8, 4) is 5.75 Å². The van der Waals surface area contributed by atoms with Crippen LogP contribution in [0, 0.1) is 0 Å². The van der Waals surface area contributed by atoms with Gasteiger partial charge in [-0.15, -0.1) is 0 Å². The van der Waals surface area contributed by atoms with Gasteiger partial charge < -0.3 is 15.0 Å². The van der Waals surface area contributed by atoms with Gasteiger partial charge in [-0.05, 0) is 44.9 Å². The number of benzene rings is 1. The van der Waals surface area contributed by atoms with Gasteiger partial charge in [0.15, 0.2) is 5.60 Å². The minimum Gasteiger partial charge on any atom is -0.476 e. The Morgan fingerprint density at radius 3 is 2.55 bits per heavy atom. The first-order valence-corrected chi connectivity index (χ1v) is 7.91. The van der Waals surface area contributed by atoms with Crippen LogP contribution in [0.4, 0.5) is 5.69 Å². The van der Waals surface area contributed by atoms with Crippen molar-refractivity contribution in [2.45, 2.75) is 45.1 Å². The Morgan fingerprint density at radius 2 is 1.86 bits per heavy atom. The molecular weight excluding hydrogens is 280 g/mol. The van der Waals surface area contributed by atoms with Crippen LogP contribution in [-0.4, -0.2) is 35.4 Å². The van der Waals surface area contributed by atoms with E-state index in [1.165, 1.54) is 12.8 Å². The van der Waals surface area contributed by atoms with E-state index in [2.05, 4.69) is 5.32 Å². The summed E-state index contributed by atoms with van der Waals surface area (Å²) >= 11 is 0. The average Bonchev–Trinajstić information content (AvgIpc) is 2.76. The van der Waals surface area contributed by atoms with Crippen LogP contribution in [0.2, 0.25) is 0 Å². The molecule has 5 nitrogen and oxygen atoms in total. The zero-order chi connectivity index (χ0) is 15.7. The maximum atomic E-state index is 12.6. The predicted octanol–water partition coefficient (Wildman–Crippen LogP) is 2.81. The number of ether oxygens (including phenoxy) is 1. The van der Waals surface area contributed by atoms with E-state index in [0.29, 0.717) is 17.0 Å². The molecule has 0 bridgehead atoms. The Balaban J connectivity index is 1.83. The van der Waals surface area contributed by atoms with E-state index in [-0.39, 0.29) is 11.8 Å². The van der Waals surface area contributed by atoms with Crippen LogP contribution in [0.5, 0.6) is 5.75 Å². The average molecular weight is 302 g/mol. The van der Waals surface area contributed by atoms with Crippen LogP contribution in [-0.2, 0) is 4.79 Å². The molecule has 0 unspecified atom stereocenters. The van der Waals surface area contributed by atoms with E-state index in [1.807, 2.05) is 4.90 Å². The molecule has 5 heteroatoms. The fraction of sp³-hybridized carbons (Fsp3) is 0.529. The second-order valence-corrected chi connectivity index (χ2v) is 6.48. The van der Waals surface area contributed by atoms with Crippen LogP contribution in [0.1, 0.15) is 49.9 Å². The second kappa shape index (κ2) is 5.63. The topological polar surface area (TPSA) is 58.6 Å². The van der Waals surface area contributed by atoms with Crippen molar-refractivity contribution < 1.29 is 14.3 Å². The maximum absolute atomic E-state index is 12.6. The first-order chi connectivity index (χ1) is 10.5. The molecule has 0 atom stereocenters. The summed E-state index contributed by atoms with van der Waals surface area (Å²) in [6.07, 6.45) is 4.50. The highest BCUT2D eigenvalue weighted by Crippen LogP contribution is 2.34. The Labute approximate surface area is 130 Å². The minimum absolute atomic E-state index is 0.0313. The van der Waals surface area contributed by atoms with Crippen molar-refractivity contribution in [1.82, 2.24) is 4.90 Å². The first-order valence-electron chi connectivity index (χ1n) is 7.91. The van der Waals surface area contributed by atoms with E-state index in [1.54, 1.807) is 32.0 Å². The van der Waals surface area contributed by atoms with Crippen molar-refractivity contribution in [3.05, 3.63) is 23.8 Å². The molecule has 22 heavy (non-hydrogen) atoms. The highest BCUT2D eigenvalue weighted by molar-refractivity contribution is 6.02. The summed E-state index contributed by atoms with van der Waals surface area (Å²) in [6.45, 7) is 5.07. The van der Waals surface area contributed by atoms with Gasteiger partial charge in [-0.3, -0.25) is 9.59 Å². The number of carbonyl (C=O) groups is 2. The summed E-state index contributed by atoms with van der Waals surface area (Å²) in [6, 6.07) is 5.26. The number of fused-ring (bicyclic) bond motifs is 1. The van der Waals surface area contributed by atoms with Crippen molar-refractivity contribution in [2.75, 3.05) is 18.4 Å². The number of hydrogen-bond acceptors (Lipinski definition) is 3. The molecular formula is C17H22N2O3. The lowest BCUT2D eigenvalue weighted by Gasteiger charge is -2.32. The molecule has 0 saturated carbocycles. The summed E-state index contributed by atoms with van der Waals surface area (Å²) in [5.74, 6) is 0.445. The molecule has 1 N–H and O–H groups in total. The number of carbonyl (C=O) groups excluding carboxylic acids is 2. The van der Waals surface area contributed by atoms with E-state index >= 15 is 0 Å². The van der Waals surface area contributed by atoms with E-state index < -0.39 is 5.60 Å². The summed E-state index contributed by atoms with van der Waals surface area (Å²) in [4.78, 5) is 26.5. The zero-order valence-electron chi connectivity index (χ0n) is 13.1. The Bertz CT molecular complexity index is 602. The summed E-state index contributed by atoms with van der Waals surface area (Å²) in [7, 11) is 0. The maximum Gasteiger partial charge on any atom is 0.268 e. The van der Waals surface area contributed by atoms with E-state index in [4.69, 9.17) is 4.74 Å². The molecule has 2 heterocycles. The fourth-order valence-corrected chi connectivity index (χ4v) is 2.90. The quantitative estimate of drug-likeness (QED) is 0.868. The molecule has 0 aromatic heterocycles. The van der Waals surface area contributed by atoms with Crippen molar-refractivity contribution in [3.63, 3.8) is 0 Å². The van der Waals surface area contributed by atoms with Crippen LogP contribution < -0.4 is 10.1 Å². The van der Waals surface area contributed by atoms with Gasteiger partial charge in [-0.2, -0.15) is 0 Å². The Hall–Kier alpha value is -2.04. The largest absolute Gasteiger partial charge is 0.476 e. The minimum atomic E-state index is -0.886. The van der Waals surface area contributed by atoms with Gasteiger partial charge in [-0.1, -0.05) is 12.8 Å². The molecule has 1 aromatic rings. The number of anilines is 1. The number of hydrogen-bond donors (Lipinski definition) is 1. The molecule has 118 valence electrons. The molecule has 2 amide bonds. The molecule has 0 aliphatic carbocycles. The molecule has 1 saturated heterocycles. The highest BCUT2D eigenvalue weighted by atomic mass is 16.5. The molecule has 0 spiro atoms. The molecule has 3 rings (SSSR count). The molecule has 1 fully saturated rings. The number of rotatable bonds is 1. The predicted molar refractivity (Wildman–Crippen MR) is 84.2 cm³/mol. The lowest BCUT2D eigenvalue weighted by molar-refractivity contribution is -0.129. The van der Waals surface area contributed by atoms with Crippen molar-refractivity contribution in [1.29, 1.82) is 0 Å². The third kappa shape index (κ3) is 2.80. The number of nitrogens with one attached hydrogen (secondary N) is 1. The highest BCUT2D eigenvalue weighted by Gasteiger charge is 2.35. The van der Waals surface area contributed by atoms with Gasteiger partial charge >= 0.3 is 0 Å². The van der Waals surface area contributed by atoms with Gasteiger partial charge in [0.1, 0.15) is 5.75 Å². The van der Waals surface area contributed by atoms with Gasteiger partial charge in [-0.25, -0.2) is 0 Å². The van der Waals surface area contributed by atoms with Crippen LogP contribution in [0.15, 0.2) is 18.2 Å². The van der Waals surface area contributed by atoms with Gasteiger partial charge in [0.05, 0.1) is 5.69 Å². The van der Waals surface area contributed by atoms with Gasteiger partial charge in [0, 0.05) is 18.7 Å². The third-order valence-corrected chi connectivity index (χ3v) is 4.28. The van der Waals surface area contributed by atoms with Crippen molar-refractivity contribution >= 4 is 17.5 Å². The number of likely N-dealkylation sites (tertiary alicyclic amines) is 1. The standard InChI is InChI=1S/C17H22N2O3/c1-17(2)16(21)18-13-11-12(7-8-14(13)22-17)15(20)19-9-5-3-4-6-10-19/h7-8,11H,3-6,9-10H2,1-2H3,(H,18,21). The smallest absolute Gasteiger partial charge is 0.268 e. The summed E-state index contributed by atoms with van der Waals surface area (Å²) in [5, 5.41) is 2.83. The lowest BCUT2D eigenvalue weighted by Crippen LogP contribution is -2.45. The normalized spacial score (nSPS) is 20.5. The number of nitrogens with zero attached hydrogens (tertiary/aromatic N) is 1. The molecule has 2 aliphatic rings. The Morgan fingerprint density at radius 1 is 1.18 bits per heavy atom. The number of amides is 2.